The second-order valence-corrected chi connectivity index (χ2v) is 11.1. The van der Waals surface area contributed by atoms with Crippen molar-refractivity contribution < 1.29 is 13.9 Å². The molecule has 2 saturated carbocycles. The van der Waals surface area contributed by atoms with Gasteiger partial charge in [0.05, 0.1) is 12.2 Å². The van der Waals surface area contributed by atoms with Crippen molar-refractivity contribution in [1.82, 2.24) is 4.90 Å². The molecule has 4 heteroatoms. The van der Waals surface area contributed by atoms with E-state index < -0.39 is 5.82 Å². The zero-order valence-electron chi connectivity index (χ0n) is 19.2. The van der Waals surface area contributed by atoms with Gasteiger partial charge in [-0.3, -0.25) is 4.79 Å². The third kappa shape index (κ3) is 4.53. The summed E-state index contributed by atoms with van der Waals surface area (Å²) >= 11 is 0. The smallest absolute Gasteiger partial charge is 0.256 e. The number of fused-ring (bicyclic) bond motifs is 2. The van der Waals surface area contributed by atoms with Gasteiger partial charge in [0.15, 0.2) is 0 Å². The van der Waals surface area contributed by atoms with Gasteiger partial charge in [0.2, 0.25) is 0 Å². The number of hydrogen-bond donors (Lipinski definition) is 0. The van der Waals surface area contributed by atoms with E-state index >= 15 is 0 Å². The Kier molecular flexibility index (Phi) is 6.14. The van der Waals surface area contributed by atoms with Crippen molar-refractivity contribution >= 4 is 5.91 Å². The van der Waals surface area contributed by atoms with Crippen LogP contribution in [-0.4, -0.2) is 30.5 Å². The van der Waals surface area contributed by atoms with Crippen LogP contribution in [0.5, 0.6) is 5.75 Å². The van der Waals surface area contributed by atoms with Crippen LogP contribution in [0.25, 0.3) is 0 Å². The Hall–Kier alpha value is -1.58. The Labute approximate surface area is 181 Å². The van der Waals surface area contributed by atoms with E-state index in [9.17, 15) is 9.18 Å². The van der Waals surface area contributed by atoms with Gasteiger partial charge in [0.25, 0.3) is 5.91 Å². The lowest BCUT2D eigenvalue weighted by Crippen LogP contribution is -2.39. The molecule has 4 rings (SSSR count). The molecule has 1 aromatic rings. The van der Waals surface area contributed by atoms with E-state index in [4.69, 9.17) is 4.74 Å². The van der Waals surface area contributed by atoms with Gasteiger partial charge in [-0.15, -0.1) is 0 Å². The summed E-state index contributed by atoms with van der Waals surface area (Å²) in [5, 5.41) is 0. The van der Waals surface area contributed by atoms with E-state index in [-0.39, 0.29) is 22.8 Å². The first kappa shape index (κ1) is 21.6. The predicted octanol–water partition coefficient (Wildman–Crippen LogP) is 6.42. The van der Waals surface area contributed by atoms with Crippen molar-refractivity contribution in [3.63, 3.8) is 0 Å². The lowest BCUT2D eigenvalue weighted by atomic mass is 9.60. The van der Waals surface area contributed by atoms with E-state index in [1.807, 2.05) is 0 Å². The third-order valence-corrected chi connectivity index (χ3v) is 7.62. The average molecular weight is 416 g/mol. The summed E-state index contributed by atoms with van der Waals surface area (Å²) in [6.07, 6.45) is 8.48. The van der Waals surface area contributed by atoms with E-state index in [2.05, 4.69) is 27.7 Å². The van der Waals surface area contributed by atoms with Crippen LogP contribution in [0.1, 0.15) is 94.5 Å². The molecule has 3 fully saturated rings. The maximum atomic E-state index is 15.0. The van der Waals surface area contributed by atoms with Crippen molar-refractivity contribution in [2.75, 3.05) is 19.7 Å². The number of hydrogen-bond acceptors (Lipinski definition) is 2. The van der Waals surface area contributed by atoms with Crippen LogP contribution >= 0.6 is 0 Å². The number of halogens is 1. The number of ether oxygens (including phenoxy) is 1. The lowest BCUT2D eigenvalue weighted by molar-refractivity contribution is 0.0143. The van der Waals surface area contributed by atoms with Crippen LogP contribution in [0.4, 0.5) is 4.39 Å². The minimum absolute atomic E-state index is 0.155. The molecule has 1 amide bonds. The highest BCUT2D eigenvalue weighted by molar-refractivity contribution is 5.95. The number of benzene rings is 1. The van der Waals surface area contributed by atoms with Crippen molar-refractivity contribution in [3.8, 4) is 5.75 Å². The summed E-state index contributed by atoms with van der Waals surface area (Å²) in [6, 6.07) is 3.21. The molecular weight excluding hydrogens is 377 g/mol. The lowest BCUT2D eigenvalue weighted by Gasteiger charge is -2.47. The SMILES string of the molecule is CC1CC2CC(C1)CC(C)(COc1cc(F)c(C(=O)N3CCCC3)cc1C(C)C)C2. The van der Waals surface area contributed by atoms with Gasteiger partial charge in [-0.2, -0.15) is 0 Å². The fraction of sp³-hybridized carbons (Fsp3) is 0.731. The highest BCUT2D eigenvalue weighted by atomic mass is 19.1. The first-order valence-corrected chi connectivity index (χ1v) is 12.0. The molecule has 0 N–H and O–H groups in total. The Morgan fingerprint density at radius 3 is 2.40 bits per heavy atom. The molecule has 1 heterocycles. The maximum Gasteiger partial charge on any atom is 0.256 e. The molecule has 1 aliphatic heterocycles. The molecule has 0 radical (unpaired) electrons. The summed E-state index contributed by atoms with van der Waals surface area (Å²) in [5.41, 5.74) is 1.29. The Morgan fingerprint density at radius 1 is 1.17 bits per heavy atom. The van der Waals surface area contributed by atoms with Crippen LogP contribution < -0.4 is 4.74 Å². The summed E-state index contributed by atoms with van der Waals surface area (Å²) in [7, 11) is 0. The number of likely N-dealkylation sites (tertiary alicyclic amines) is 1. The van der Waals surface area contributed by atoms with E-state index in [1.54, 1.807) is 11.0 Å². The average Bonchev–Trinajstić information content (AvgIpc) is 3.19. The molecule has 1 aromatic carbocycles. The van der Waals surface area contributed by atoms with Crippen molar-refractivity contribution in [3.05, 3.63) is 29.1 Å². The largest absolute Gasteiger partial charge is 0.493 e. The molecule has 3 aliphatic rings. The maximum absolute atomic E-state index is 15.0. The molecule has 2 unspecified atom stereocenters. The molecule has 2 atom stereocenters. The standard InChI is InChI=1S/C26H38FNO2/c1-17(2)21-12-22(25(29)28-7-5-6-8-28)23(27)13-24(21)30-16-26(4)14-19-9-18(3)10-20(11-19)15-26/h12-13,17-20H,5-11,14-16H2,1-4H3. The summed E-state index contributed by atoms with van der Waals surface area (Å²) in [6.45, 7) is 11.0. The van der Waals surface area contributed by atoms with Crippen molar-refractivity contribution in [2.24, 2.45) is 23.2 Å². The van der Waals surface area contributed by atoms with Gasteiger partial charge in [-0.05, 0) is 80.2 Å². The number of carbonyl (C=O) groups is 1. The number of nitrogens with zero attached hydrogens (tertiary/aromatic N) is 1. The number of carbonyl (C=O) groups excluding carboxylic acids is 1. The van der Waals surface area contributed by atoms with Gasteiger partial charge in [-0.1, -0.05) is 27.7 Å². The molecule has 2 bridgehead atoms. The number of amides is 1. The summed E-state index contributed by atoms with van der Waals surface area (Å²) < 4.78 is 21.3. The highest BCUT2D eigenvalue weighted by Gasteiger charge is 2.41. The second kappa shape index (κ2) is 8.51. The zero-order chi connectivity index (χ0) is 21.5. The molecule has 3 nitrogen and oxygen atoms in total. The Morgan fingerprint density at radius 2 is 1.80 bits per heavy atom. The van der Waals surface area contributed by atoms with E-state index in [0.29, 0.717) is 12.4 Å². The van der Waals surface area contributed by atoms with Gasteiger partial charge >= 0.3 is 0 Å². The highest BCUT2D eigenvalue weighted by Crippen LogP contribution is 2.50. The van der Waals surface area contributed by atoms with Crippen LogP contribution in [0, 0.1) is 29.0 Å². The van der Waals surface area contributed by atoms with E-state index in [1.165, 1.54) is 38.2 Å². The molecule has 1 saturated heterocycles. The molecule has 166 valence electrons. The second-order valence-electron chi connectivity index (χ2n) is 11.1. The van der Waals surface area contributed by atoms with Gasteiger partial charge in [0.1, 0.15) is 11.6 Å². The topological polar surface area (TPSA) is 29.5 Å². The molecule has 2 aliphatic carbocycles. The van der Waals surface area contributed by atoms with Crippen LogP contribution in [0.2, 0.25) is 0 Å². The van der Waals surface area contributed by atoms with Gasteiger partial charge in [-0.25, -0.2) is 4.39 Å². The van der Waals surface area contributed by atoms with E-state index in [0.717, 1.165) is 49.2 Å². The molecule has 0 spiro atoms. The molecular formula is C26H38FNO2. The zero-order valence-corrected chi connectivity index (χ0v) is 19.2. The van der Waals surface area contributed by atoms with Crippen molar-refractivity contribution in [1.29, 1.82) is 0 Å². The normalized spacial score (nSPS) is 31.3. The predicted molar refractivity (Wildman–Crippen MR) is 118 cm³/mol. The Balaban J connectivity index is 1.51. The fourth-order valence-corrected chi connectivity index (χ4v) is 6.48. The summed E-state index contributed by atoms with van der Waals surface area (Å²) in [4.78, 5) is 14.6. The quantitative estimate of drug-likeness (QED) is 0.555. The minimum atomic E-state index is -0.453. The first-order chi connectivity index (χ1) is 14.2. The number of rotatable bonds is 5. The van der Waals surface area contributed by atoms with Gasteiger partial charge in [0, 0.05) is 24.6 Å². The van der Waals surface area contributed by atoms with Gasteiger partial charge < -0.3 is 9.64 Å². The molecule has 0 aromatic heterocycles. The molecule has 30 heavy (non-hydrogen) atoms. The third-order valence-electron chi connectivity index (χ3n) is 7.62. The van der Waals surface area contributed by atoms with Crippen LogP contribution in [-0.2, 0) is 0 Å². The van der Waals surface area contributed by atoms with Crippen molar-refractivity contribution in [2.45, 2.75) is 78.6 Å². The van der Waals surface area contributed by atoms with Crippen LogP contribution in [0.15, 0.2) is 12.1 Å². The Bertz CT molecular complexity index is 765. The minimum Gasteiger partial charge on any atom is -0.493 e. The first-order valence-electron chi connectivity index (χ1n) is 12.0. The van der Waals surface area contributed by atoms with Crippen LogP contribution in [0.3, 0.4) is 0 Å². The fourth-order valence-electron chi connectivity index (χ4n) is 6.48. The summed E-state index contributed by atoms with van der Waals surface area (Å²) in [5.74, 6) is 2.62. The monoisotopic (exact) mass is 415 g/mol.